The van der Waals surface area contributed by atoms with E-state index in [2.05, 4.69) is 10.3 Å². The lowest BCUT2D eigenvalue weighted by Crippen LogP contribution is -2.12. The first-order valence-corrected chi connectivity index (χ1v) is 5.91. The standard InChI is InChI=1S/C12H10Cl2N2O2/c13-9-5-10(16-11(9)14)12(18)15-8-3-1-2-7(4-8)6-17/h1-5,16-17H,6H2,(H,15,18). The van der Waals surface area contributed by atoms with Gasteiger partial charge in [0.1, 0.15) is 10.8 Å². The predicted molar refractivity (Wildman–Crippen MR) is 71.1 cm³/mol. The van der Waals surface area contributed by atoms with Crippen molar-refractivity contribution in [2.45, 2.75) is 6.61 Å². The second-order valence-corrected chi connectivity index (χ2v) is 4.44. The molecular weight excluding hydrogens is 275 g/mol. The zero-order valence-corrected chi connectivity index (χ0v) is 10.7. The summed E-state index contributed by atoms with van der Waals surface area (Å²) in [5.74, 6) is -0.348. The Balaban J connectivity index is 2.15. The Morgan fingerprint density at radius 3 is 2.72 bits per heavy atom. The van der Waals surface area contributed by atoms with Gasteiger partial charge in [0.15, 0.2) is 0 Å². The predicted octanol–water partition coefficient (Wildman–Crippen LogP) is 3.07. The number of aliphatic hydroxyl groups is 1. The van der Waals surface area contributed by atoms with Crippen molar-refractivity contribution in [2.75, 3.05) is 5.32 Å². The van der Waals surface area contributed by atoms with E-state index in [1.807, 2.05) is 0 Å². The number of aliphatic hydroxyl groups excluding tert-OH is 1. The molecule has 1 amide bonds. The molecule has 0 radical (unpaired) electrons. The van der Waals surface area contributed by atoms with Crippen LogP contribution in [0, 0.1) is 0 Å². The molecule has 0 atom stereocenters. The zero-order chi connectivity index (χ0) is 13.1. The van der Waals surface area contributed by atoms with Gasteiger partial charge in [-0.05, 0) is 23.8 Å². The molecule has 0 bridgehead atoms. The molecule has 2 rings (SSSR count). The highest BCUT2D eigenvalue weighted by atomic mass is 35.5. The number of rotatable bonds is 3. The number of nitrogens with one attached hydrogen (secondary N) is 2. The Bertz CT molecular complexity index is 562. The summed E-state index contributed by atoms with van der Waals surface area (Å²) in [6.45, 7) is -0.0795. The molecule has 0 saturated carbocycles. The molecule has 3 N–H and O–H groups in total. The van der Waals surface area contributed by atoms with E-state index in [0.29, 0.717) is 10.7 Å². The van der Waals surface area contributed by atoms with Gasteiger partial charge in [0.25, 0.3) is 5.91 Å². The molecule has 0 fully saturated rings. The van der Waals surface area contributed by atoms with Gasteiger partial charge in [-0.25, -0.2) is 0 Å². The van der Waals surface area contributed by atoms with Crippen molar-refractivity contribution in [3.05, 3.63) is 51.8 Å². The van der Waals surface area contributed by atoms with E-state index < -0.39 is 0 Å². The molecule has 1 aromatic carbocycles. The van der Waals surface area contributed by atoms with Gasteiger partial charge in [-0.15, -0.1) is 0 Å². The molecule has 0 aliphatic carbocycles. The van der Waals surface area contributed by atoms with Crippen LogP contribution in [0.15, 0.2) is 30.3 Å². The number of hydrogen-bond acceptors (Lipinski definition) is 2. The summed E-state index contributed by atoms with van der Waals surface area (Å²) >= 11 is 11.5. The third-order valence-electron chi connectivity index (χ3n) is 2.34. The maximum absolute atomic E-state index is 11.9. The van der Waals surface area contributed by atoms with E-state index >= 15 is 0 Å². The third-order valence-corrected chi connectivity index (χ3v) is 3.03. The lowest BCUT2D eigenvalue weighted by atomic mass is 10.2. The smallest absolute Gasteiger partial charge is 0.272 e. The quantitative estimate of drug-likeness (QED) is 0.811. The van der Waals surface area contributed by atoms with E-state index in [9.17, 15) is 4.79 Å². The van der Waals surface area contributed by atoms with Gasteiger partial charge in [0.2, 0.25) is 0 Å². The summed E-state index contributed by atoms with van der Waals surface area (Å²) in [5.41, 5.74) is 1.59. The Morgan fingerprint density at radius 2 is 2.11 bits per heavy atom. The fourth-order valence-electron chi connectivity index (χ4n) is 1.47. The molecular formula is C12H10Cl2N2O2. The fourth-order valence-corrected chi connectivity index (χ4v) is 1.78. The van der Waals surface area contributed by atoms with E-state index in [4.69, 9.17) is 28.3 Å². The number of aromatic nitrogens is 1. The number of carbonyl (C=O) groups excluding carboxylic acids is 1. The first-order valence-electron chi connectivity index (χ1n) is 5.15. The van der Waals surface area contributed by atoms with Crippen LogP contribution in [0.2, 0.25) is 10.2 Å². The monoisotopic (exact) mass is 284 g/mol. The second-order valence-electron chi connectivity index (χ2n) is 3.66. The topological polar surface area (TPSA) is 65.1 Å². The lowest BCUT2D eigenvalue weighted by Gasteiger charge is -2.05. The van der Waals surface area contributed by atoms with Crippen molar-refractivity contribution in [1.29, 1.82) is 0 Å². The molecule has 2 aromatic rings. The van der Waals surface area contributed by atoms with Gasteiger partial charge in [-0.2, -0.15) is 0 Å². The summed E-state index contributed by atoms with van der Waals surface area (Å²) in [6, 6.07) is 8.37. The van der Waals surface area contributed by atoms with E-state index in [1.165, 1.54) is 6.07 Å². The average molecular weight is 285 g/mol. The summed E-state index contributed by atoms with van der Waals surface area (Å²) in [7, 11) is 0. The van der Waals surface area contributed by atoms with E-state index in [0.717, 1.165) is 5.56 Å². The van der Waals surface area contributed by atoms with Crippen molar-refractivity contribution in [1.82, 2.24) is 4.98 Å². The molecule has 0 aliphatic heterocycles. The Morgan fingerprint density at radius 1 is 1.33 bits per heavy atom. The highest BCUT2D eigenvalue weighted by molar-refractivity contribution is 6.41. The molecule has 1 heterocycles. The minimum absolute atomic E-state index is 0.0795. The van der Waals surface area contributed by atoms with Crippen LogP contribution in [0.4, 0.5) is 5.69 Å². The first-order chi connectivity index (χ1) is 8.60. The lowest BCUT2D eigenvalue weighted by molar-refractivity contribution is 0.102. The van der Waals surface area contributed by atoms with Gasteiger partial charge in [0.05, 0.1) is 11.6 Å². The van der Waals surface area contributed by atoms with E-state index in [1.54, 1.807) is 24.3 Å². The van der Waals surface area contributed by atoms with Crippen molar-refractivity contribution in [3.63, 3.8) is 0 Å². The SMILES string of the molecule is O=C(Nc1cccc(CO)c1)c1cc(Cl)c(Cl)[nH]1. The number of benzene rings is 1. The largest absolute Gasteiger partial charge is 0.392 e. The van der Waals surface area contributed by atoms with Crippen LogP contribution in [0.1, 0.15) is 16.1 Å². The summed E-state index contributed by atoms with van der Waals surface area (Å²) in [5, 5.41) is 12.2. The number of H-pyrrole nitrogens is 1. The van der Waals surface area contributed by atoms with Gasteiger partial charge in [0, 0.05) is 5.69 Å². The maximum Gasteiger partial charge on any atom is 0.272 e. The number of anilines is 1. The van der Waals surface area contributed by atoms with Gasteiger partial charge in [-0.1, -0.05) is 35.3 Å². The van der Waals surface area contributed by atoms with Crippen LogP contribution in [-0.2, 0) is 6.61 Å². The maximum atomic E-state index is 11.9. The average Bonchev–Trinajstić information content (AvgIpc) is 2.70. The summed E-state index contributed by atoms with van der Waals surface area (Å²) in [4.78, 5) is 14.5. The van der Waals surface area contributed by atoms with E-state index in [-0.39, 0.29) is 23.4 Å². The molecule has 94 valence electrons. The highest BCUT2D eigenvalue weighted by Gasteiger charge is 2.11. The van der Waals surface area contributed by atoms with Gasteiger partial charge in [-0.3, -0.25) is 4.79 Å². The zero-order valence-electron chi connectivity index (χ0n) is 9.21. The minimum atomic E-state index is -0.348. The molecule has 4 nitrogen and oxygen atoms in total. The second kappa shape index (κ2) is 5.44. The van der Waals surface area contributed by atoms with Crippen LogP contribution in [0.25, 0.3) is 0 Å². The van der Waals surface area contributed by atoms with Crippen LogP contribution in [-0.4, -0.2) is 16.0 Å². The molecule has 0 saturated heterocycles. The van der Waals surface area contributed by atoms with Crippen molar-refractivity contribution >= 4 is 34.8 Å². The van der Waals surface area contributed by atoms with Crippen LogP contribution in [0.3, 0.4) is 0 Å². The van der Waals surface area contributed by atoms with Crippen molar-refractivity contribution < 1.29 is 9.90 Å². The van der Waals surface area contributed by atoms with Crippen molar-refractivity contribution in [2.24, 2.45) is 0 Å². The fraction of sp³-hybridized carbons (Fsp3) is 0.0833. The number of hydrogen-bond donors (Lipinski definition) is 3. The first kappa shape index (κ1) is 13.0. The van der Waals surface area contributed by atoms with Crippen LogP contribution < -0.4 is 5.32 Å². The highest BCUT2D eigenvalue weighted by Crippen LogP contribution is 2.22. The Hall–Kier alpha value is -1.49. The summed E-state index contributed by atoms with van der Waals surface area (Å²) < 4.78 is 0. The Labute approximate surface area is 114 Å². The molecule has 1 aromatic heterocycles. The van der Waals surface area contributed by atoms with Gasteiger partial charge < -0.3 is 15.4 Å². The number of aromatic amines is 1. The number of halogens is 2. The number of carbonyl (C=O) groups is 1. The van der Waals surface area contributed by atoms with Crippen LogP contribution >= 0.6 is 23.2 Å². The molecule has 18 heavy (non-hydrogen) atoms. The normalized spacial score (nSPS) is 10.4. The minimum Gasteiger partial charge on any atom is -0.392 e. The molecule has 0 spiro atoms. The molecule has 6 heteroatoms. The van der Waals surface area contributed by atoms with Crippen molar-refractivity contribution in [3.8, 4) is 0 Å². The molecule has 0 aliphatic rings. The van der Waals surface area contributed by atoms with Crippen LogP contribution in [0.5, 0.6) is 0 Å². The third kappa shape index (κ3) is 2.85. The Kier molecular flexibility index (Phi) is 3.91. The summed E-state index contributed by atoms with van der Waals surface area (Å²) in [6.07, 6.45) is 0. The van der Waals surface area contributed by atoms with Gasteiger partial charge >= 0.3 is 0 Å². The molecule has 0 unspecified atom stereocenters. The number of amides is 1.